The van der Waals surface area contributed by atoms with E-state index in [1.165, 1.54) is 6.07 Å². The van der Waals surface area contributed by atoms with Gasteiger partial charge in [-0.15, -0.1) is 0 Å². The van der Waals surface area contributed by atoms with Crippen LogP contribution in [0.15, 0.2) is 18.2 Å². The zero-order valence-corrected chi connectivity index (χ0v) is 10.9. The van der Waals surface area contributed by atoms with Crippen molar-refractivity contribution in [2.75, 3.05) is 28.9 Å². The second kappa shape index (κ2) is 5.45. The fourth-order valence-corrected chi connectivity index (χ4v) is 3.29. The number of nitro benzene ring substituents is 1. The molecule has 1 aromatic rings. The first-order valence-electron chi connectivity index (χ1n) is 5.68. The number of anilines is 2. The first kappa shape index (κ1) is 13.0. The Labute approximate surface area is 110 Å². The van der Waals surface area contributed by atoms with Crippen molar-refractivity contribution in [3.05, 3.63) is 28.3 Å². The van der Waals surface area contributed by atoms with Crippen LogP contribution in [0.2, 0.25) is 0 Å². The van der Waals surface area contributed by atoms with E-state index in [0.717, 1.165) is 23.6 Å². The molecule has 3 N–H and O–H groups in total. The number of thioether (sulfide) groups is 1. The van der Waals surface area contributed by atoms with Crippen LogP contribution in [-0.4, -0.2) is 29.5 Å². The molecule has 1 aromatic carbocycles. The summed E-state index contributed by atoms with van der Waals surface area (Å²) in [5, 5.41) is 10.9. The average Bonchev–Trinajstić information content (AvgIpc) is 2.91. The van der Waals surface area contributed by atoms with Crippen LogP contribution < -0.4 is 16.2 Å². The molecule has 1 aliphatic rings. The minimum Gasteiger partial charge on any atom is -0.370 e. The molecule has 1 aliphatic heterocycles. The summed E-state index contributed by atoms with van der Waals surface area (Å²) in [6.45, 7) is 0. The van der Waals surface area contributed by atoms with Crippen molar-refractivity contribution in [3.8, 4) is 0 Å². The zero-order valence-electron chi connectivity index (χ0n) is 10.1. The third-order valence-electron chi connectivity index (χ3n) is 3.14. The number of hydrogen-bond donors (Lipinski definition) is 2. The van der Waals surface area contributed by atoms with Crippen LogP contribution >= 0.6 is 11.8 Å². The zero-order chi connectivity index (χ0) is 13.1. The molecule has 1 unspecified atom stereocenters. The molecule has 1 atom stereocenters. The van der Waals surface area contributed by atoms with Crippen LogP contribution in [0.5, 0.6) is 0 Å². The smallest absolute Gasteiger partial charge is 0.273 e. The molecule has 7 heteroatoms. The number of rotatable bonds is 4. The Balaban J connectivity index is 2.30. The van der Waals surface area contributed by atoms with Gasteiger partial charge in [-0.3, -0.25) is 16.0 Å². The van der Waals surface area contributed by atoms with E-state index in [4.69, 9.17) is 5.84 Å². The Morgan fingerprint density at radius 3 is 2.89 bits per heavy atom. The second-order valence-electron chi connectivity index (χ2n) is 4.27. The molecule has 0 saturated carbocycles. The fraction of sp³-hybridized carbons (Fsp3) is 0.455. The van der Waals surface area contributed by atoms with Crippen molar-refractivity contribution in [2.24, 2.45) is 5.84 Å². The molecule has 0 radical (unpaired) electrons. The Bertz CT molecular complexity index is 449. The van der Waals surface area contributed by atoms with Gasteiger partial charge in [0, 0.05) is 36.7 Å². The van der Waals surface area contributed by atoms with Crippen LogP contribution in [0.3, 0.4) is 0 Å². The van der Waals surface area contributed by atoms with Gasteiger partial charge in [0.25, 0.3) is 5.69 Å². The summed E-state index contributed by atoms with van der Waals surface area (Å²) < 4.78 is 0. The highest BCUT2D eigenvalue weighted by Gasteiger charge is 2.22. The highest BCUT2D eigenvalue weighted by molar-refractivity contribution is 7.99. The van der Waals surface area contributed by atoms with Crippen molar-refractivity contribution in [3.63, 3.8) is 0 Å². The number of nitrogens with two attached hydrogens (primary N) is 1. The van der Waals surface area contributed by atoms with E-state index in [9.17, 15) is 10.1 Å². The minimum atomic E-state index is -0.401. The highest BCUT2D eigenvalue weighted by atomic mass is 32.2. The van der Waals surface area contributed by atoms with Gasteiger partial charge in [-0.05, 0) is 18.2 Å². The quantitative estimate of drug-likeness (QED) is 0.492. The first-order chi connectivity index (χ1) is 8.61. The number of nitrogens with one attached hydrogen (secondary N) is 1. The lowest BCUT2D eigenvalue weighted by atomic mass is 10.2. The fourth-order valence-electron chi connectivity index (χ4n) is 2.03. The van der Waals surface area contributed by atoms with E-state index in [1.807, 2.05) is 24.9 Å². The number of non-ortho nitro benzene ring substituents is 1. The molecule has 1 heterocycles. The third kappa shape index (κ3) is 2.68. The van der Waals surface area contributed by atoms with E-state index in [0.29, 0.717) is 11.7 Å². The normalized spacial score (nSPS) is 18.7. The predicted molar refractivity (Wildman–Crippen MR) is 75.0 cm³/mol. The van der Waals surface area contributed by atoms with Crippen LogP contribution in [-0.2, 0) is 0 Å². The molecule has 98 valence electrons. The predicted octanol–water partition coefficient (Wildman–Crippen LogP) is 1.82. The maximum Gasteiger partial charge on any atom is 0.273 e. The summed E-state index contributed by atoms with van der Waals surface area (Å²) in [7, 11) is 1.97. The lowest BCUT2D eigenvalue weighted by Gasteiger charge is -2.26. The summed E-state index contributed by atoms with van der Waals surface area (Å²) in [6.07, 6.45) is 1.11. The molecule has 1 saturated heterocycles. The van der Waals surface area contributed by atoms with E-state index in [1.54, 1.807) is 6.07 Å². The third-order valence-corrected chi connectivity index (χ3v) is 4.29. The van der Waals surface area contributed by atoms with Gasteiger partial charge in [0.05, 0.1) is 10.6 Å². The van der Waals surface area contributed by atoms with Crippen molar-refractivity contribution < 1.29 is 4.92 Å². The average molecular weight is 268 g/mol. The molecule has 0 aromatic heterocycles. The molecule has 0 aliphatic carbocycles. The summed E-state index contributed by atoms with van der Waals surface area (Å²) >= 11 is 1.91. The molecule has 6 nitrogen and oxygen atoms in total. The van der Waals surface area contributed by atoms with Crippen molar-refractivity contribution in [2.45, 2.75) is 12.5 Å². The molecule has 2 rings (SSSR count). The number of hydrogen-bond acceptors (Lipinski definition) is 6. The number of nitrogens with zero attached hydrogens (tertiary/aromatic N) is 2. The van der Waals surface area contributed by atoms with Gasteiger partial charge < -0.3 is 10.3 Å². The van der Waals surface area contributed by atoms with Gasteiger partial charge in [-0.1, -0.05) is 0 Å². The topological polar surface area (TPSA) is 84.4 Å². The van der Waals surface area contributed by atoms with Crippen molar-refractivity contribution >= 4 is 28.8 Å². The summed E-state index contributed by atoms with van der Waals surface area (Å²) in [5.74, 6) is 7.55. The number of hydrazine groups is 1. The number of nitrogen functional groups attached to an aromatic ring is 1. The summed E-state index contributed by atoms with van der Waals surface area (Å²) in [4.78, 5) is 12.6. The minimum absolute atomic E-state index is 0.0537. The van der Waals surface area contributed by atoms with Gasteiger partial charge in [0.1, 0.15) is 0 Å². The van der Waals surface area contributed by atoms with Gasteiger partial charge in [0.2, 0.25) is 0 Å². The lowest BCUT2D eigenvalue weighted by Crippen LogP contribution is -2.31. The Morgan fingerprint density at radius 1 is 1.56 bits per heavy atom. The standard InChI is InChI=1S/C11H16N4O2S/c1-14(9-2-3-18-7-9)10-4-8(13-12)5-11(6-10)15(16)17/h4-6,9,13H,2-3,7,12H2,1H3. The maximum absolute atomic E-state index is 10.9. The van der Waals surface area contributed by atoms with Crippen LogP contribution in [0.4, 0.5) is 17.1 Å². The molecular weight excluding hydrogens is 252 g/mol. The van der Waals surface area contributed by atoms with Gasteiger partial charge in [0.15, 0.2) is 0 Å². The summed E-state index contributed by atoms with van der Waals surface area (Å²) in [6, 6.07) is 5.28. The summed E-state index contributed by atoms with van der Waals surface area (Å²) in [5.41, 5.74) is 3.90. The number of nitro groups is 1. The van der Waals surface area contributed by atoms with Crippen molar-refractivity contribution in [1.82, 2.24) is 0 Å². The lowest BCUT2D eigenvalue weighted by molar-refractivity contribution is -0.384. The SMILES string of the molecule is CN(c1cc(NN)cc([N+](=O)[O-])c1)C1CCSC1. The maximum atomic E-state index is 10.9. The Morgan fingerprint density at radius 2 is 2.33 bits per heavy atom. The van der Waals surface area contributed by atoms with Gasteiger partial charge in [-0.2, -0.15) is 11.8 Å². The van der Waals surface area contributed by atoms with E-state index >= 15 is 0 Å². The van der Waals surface area contributed by atoms with Crippen LogP contribution in [0, 0.1) is 10.1 Å². The molecule has 0 bridgehead atoms. The number of benzene rings is 1. The first-order valence-corrected chi connectivity index (χ1v) is 6.84. The van der Waals surface area contributed by atoms with Gasteiger partial charge in [-0.25, -0.2) is 0 Å². The molecule has 1 fully saturated rings. The van der Waals surface area contributed by atoms with E-state index in [2.05, 4.69) is 10.3 Å². The second-order valence-corrected chi connectivity index (χ2v) is 5.42. The molecule has 18 heavy (non-hydrogen) atoms. The molecular formula is C11H16N4O2S. The van der Waals surface area contributed by atoms with Crippen LogP contribution in [0.25, 0.3) is 0 Å². The Kier molecular flexibility index (Phi) is 3.93. The van der Waals surface area contributed by atoms with E-state index < -0.39 is 4.92 Å². The molecule has 0 spiro atoms. The monoisotopic (exact) mass is 268 g/mol. The van der Waals surface area contributed by atoms with E-state index in [-0.39, 0.29) is 5.69 Å². The molecule has 0 amide bonds. The van der Waals surface area contributed by atoms with Crippen LogP contribution in [0.1, 0.15) is 6.42 Å². The van der Waals surface area contributed by atoms with Gasteiger partial charge >= 0.3 is 0 Å². The Hall–Kier alpha value is -1.47. The van der Waals surface area contributed by atoms with Crippen molar-refractivity contribution in [1.29, 1.82) is 0 Å². The highest BCUT2D eigenvalue weighted by Crippen LogP contribution is 2.30. The largest absolute Gasteiger partial charge is 0.370 e.